The highest BCUT2D eigenvalue weighted by Crippen LogP contribution is 2.44. The van der Waals surface area contributed by atoms with Crippen molar-refractivity contribution in [3.8, 4) is 11.5 Å². The van der Waals surface area contributed by atoms with Gasteiger partial charge in [-0.3, -0.25) is 9.59 Å². The van der Waals surface area contributed by atoms with Crippen LogP contribution >= 0.6 is 0 Å². The van der Waals surface area contributed by atoms with Gasteiger partial charge in [0.05, 0.1) is 13.7 Å². The lowest BCUT2D eigenvalue weighted by atomic mass is 9.83. The standard InChI is InChI=1S/C31H42N2O7/c1-21(2)20-32-29(36)31(16-15-26(35)40-30(3,4)5)27(23-9-7-10-25(19-23)37-6)39-28(33-31)22-11-13-24(14-12-22)38-18-8-17-34/h7,9-14,19,21,27,34H,8,15-18,20H2,1-6H3,(H,32,36)/t27-,31-/m1/s1. The fourth-order valence-corrected chi connectivity index (χ4v) is 4.31. The zero-order chi connectivity index (χ0) is 29.3. The lowest BCUT2D eigenvalue weighted by Gasteiger charge is -2.31. The first-order chi connectivity index (χ1) is 19.0. The van der Waals surface area contributed by atoms with Gasteiger partial charge in [-0.2, -0.15) is 0 Å². The molecular formula is C31H42N2O7. The summed E-state index contributed by atoms with van der Waals surface area (Å²) in [5.41, 5.74) is -0.717. The fraction of sp³-hybridized carbons (Fsp3) is 0.516. The minimum absolute atomic E-state index is 0.0232. The predicted molar refractivity (Wildman–Crippen MR) is 153 cm³/mol. The second kappa shape index (κ2) is 13.7. The summed E-state index contributed by atoms with van der Waals surface area (Å²) in [6.45, 7) is 10.3. The fourth-order valence-electron chi connectivity index (χ4n) is 4.31. The van der Waals surface area contributed by atoms with Gasteiger partial charge in [0.15, 0.2) is 11.6 Å². The van der Waals surface area contributed by atoms with E-state index < -0.39 is 23.2 Å². The van der Waals surface area contributed by atoms with Gasteiger partial charge < -0.3 is 29.4 Å². The molecule has 0 bridgehead atoms. The van der Waals surface area contributed by atoms with Gasteiger partial charge in [0, 0.05) is 31.6 Å². The third kappa shape index (κ3) is 8.21. The van der Waals surface area contributed by atoms with Crippen molar-refractivity contribution in [2.24, 2.45) is 10.9 Å². The zero-order valence-corrected chi connectivity index (χ0v) is 24.4. The molecule has 40 heavy (non-hydrogen) atoms. The molecule has 0 saturated heterocycles. The Hall–Kier alpha value is -3.59. The number of nitrogens with zero attached hydrogens (tertiary/aromatic N) is 1. The van der Waals surface area contributed by atoms with E-state index in [1.165, 1.54) is 0 Å². The molecule has 2 N–H and O–H groups in total. The average molecular weight is 555 g/mol. The number of aliphatic hydroxyl groups excluding tert-OH is 1. The van der Waals surface area contributed by atoms with E-state index in [1.807, 2.05) is 50.2 Å². The van der Waals surface area contributed by atoms with Gasteiger partial charge in [-0.15, -0.1) is 0 Å². The van der Waals surface area contributed by atoms with E-state index in [0.717, 1.165) is 0 Å². The molecule has 0 fully saturated rings. The third-order valence-electron chi connectivity index (χ3n) is 6.23. The smallest absolute Gasteiger partial charge is 0.306 e. The Morgan fingerprint density at radius 1 is 1.12 bits per heavy atom. The van der Waals surface area contributed by atoms with Gasteiger partial charge in [-0.25, -0.2) is 4.99 Å². The maximum Gasteiger partial charge on any atom is 0.306 e. The molecule has 0 aliphatic carbocycles. The van der Waals surface area contributed by atoms with Crippen LogP contribution in [0.1, 0.15) is 71.1 Å². The quantitative estimate of drug-likeness (QED) is 0.274. The summed E-state index contributed by atoms with van der Waals surface area (Å²) in [7, 11) is 1.58. The lowest BCUT2D eigenvalue weighted by molar-refractivity contribution is -0.155. The van der Waals surface area contributed by atoms with Crippen LogP contribution in [0.5, 0.6) is 11.5 Å². The second-order valence-electron chi connectivity index (χ2n) is 11.3. The molecule has 1 aliphatic rings. The molecular weight excluding hydrogens is 512 g/mol. The Morgan fingerprint density at radius 3 is 2.48 bits per heavy atom. The molecule has 0 saturated carbocycles. The number of amides is 1. The summed E-state index contributed by atoms with van der Waals surface area (Å²) < 4.78 is 23.1. The summed E-state index contributed by atoms with van der Waals surface area (Å²) in [5.74, 6) is 1.02. The van der Waals surface area contributed by atoms with Crippen LogP contribution in [0.2, 0.25) is 0 Å². The molecule has 9 heteroatoms. The molecule has 1 heterocycles. The molecule has 2 aromatic rings. The first kappa shape index (κ1) is 30.9. The van der Waals surface area contributed by atoms with Crippen molar-refractivity contribution in [3.63, 3.8) is 0 Å². The SMILES string of the molecule is COc1cccc([C@H]2OC(c3ccc(OCCCO)cc3)=N[C@@]2(CCC(=O)OC(C)(C)C)C(=O)NCC(C)C)c1. The van der Waals surface area contributed by atoms with Crippen LogP contribution in [0.4, 0.5) is 0 Å². The molecule has 9 nitrogen and oxygen atoms in total. The molecule has 1 amide bonds. The number of aliphatic hydroxyl groups is 1. The van der Waals surface area contributed by atoms with E-state index in [-0.39, 0.29) is 31.3 Å². The van der Waals surface area contributed by atoms with Gasteiger partial charge in [0.1, 0.15) is 17.1 Å². The van der Waals surface area contributed by atoms with E-state index >= 15 is 0 Å². The second-order valence-corrected chi connectivity index (χ2v) is 11.3. The molecule has 2 atom stereocenters. The van der Waals surface area contributed by atoms with Gasteiger partial charge >= 0.3 is 5.97 Å². The number of hydrogen-bond acceptors (Lipinski definition) is 8. The third-order valence-corrected chi connectivity index (χ3v) is 6.23. The maximum absolute atomic E-state index is 14.0. The molecule has 2 aromatic carbocycles. The van der Waals surface area contributed by atoms with E-state index in [1.54, 1.807) is 40.0 Å². The highest BCUT2D eigenvalue weighted by atomic mass is 16.6. The van der Waals surface area contributed by atoms with E-state index in [9.17, 15) is 9.59 Å². The van der Waals surface area contributed by atoms with Crippen LogP contribution in [-0.4, -0.2) is 60.9 Å². The van der Waals surface area contributed by atoms with Gasteiger partial charge in [0.25, 0.3) is 5.91 Å². The first-order valence-electron chi connectivity index (χ1n) is 13.7. The van der Waals surface area contributed by atoms with Crippen LogP contribution < -0.4 is 14.8 Å². The number of carbonyl (C=O) groups is 2. The van der Waals surface area contributed by atoms with Crippen molar-refractivity contribution < 1.29 is 33.6 Å². The molecule has 0 aromatic heterocycles. The number of carbonyl (C=O) groups excluding carboxylic acids is 2. The number of hydrogen-bond donors (Lipinski definition) is 2. The highest BCUT2D eigenvalue weighted by Gasteiger charge is 2.53. The van der Waals surface area contributed by atoms with E-state index in [4.69, 9.17) is 29.0 Å². The number of benzene rings is 2. The van der Waals surface area contributed by atoms with Crippen molar-refractivity contribution >= 4 is 17.8 Å². The van der Waals surface area contributed by atoms with Gasteiger partial charge in [-0.05, 0) is 75.1 Å². The van der Waals surface area contributed by atoms with Crippen molar-refractivity contribution in [1.29, 1.82) is 0 Å². The Bertz CT molecular complexity index is 1170. The summed E-state index contributed by atoms with van der Waals surface area (Å²) in [4.78, 5) is 31.7. The molecule has 0 radical (unpaired) electrons. The Labute approximate surface area is 236 Å². The number of aliphatic imine (C=N–C) groups is 1. The number of methoxy groups -OCH3 is 1. The van der Waals surface area contributed by atoms with E-state index in [0.29, 0.717) is 48.1 Å². The average Bonchev–Trinajstić information content (AvgIpc) is 3.31. The molecule has 0 unspecified atom stereocenters. The van der Waals surface area contributed by atoms with Crippen LogP contribution in [0, 0.1) is 5.92 Å². The van der Waals surface area contributed by atoms with Crippen molar-refractivity contribution in [2.45, 2.75) is 71.1 Å². The normalized spacial score (nSPS) is 18.6. The Kier molecular flexibility index (Phi) is 10.6. The van der Waals surface area contributed by atoms with Crippen LogP contribution in [0.15, 0.2) is 53.5 Å². The van der Waals surface area contributed by atoms with Crippen molar-refractivity contribution in [2.75, 3.05) is 26.9 Å². The predicted octanol–water partition coefficient (Wildman–Crippen LogP) is 4.61. The first-order valence-corrected chi connectivity index (χ1v) is 13.7. The summed E-state index contributed by atoms with van der Waals surface area (Å²) >= 11 is 0. The number of esters is 1. The molecule has 1 aliphatic heterocycles. The minimum Gasteiger partial charge on any atom is -0.497 e. The van der Waals surface area contributed by atoms with E-state index in [2.05, 4.69) is 5.32 Å². The minimum atomic E-state index is -1.43. The maximum atomic E-state index is 14.0. The number of nitrogens with one attached hydrogen (secondary N) is 1. The van der Waals surface area contributed by atoms with Gasteiger partial charge in [0.2, 0.25) is 5.90 Å². The highest BCUT2D eigenvalue weighted by molar-refractivity contribution is 6.01. The lowest BCUT2D eigenvalue weighted by Crippen LogP contribution is -2.49. The van der Waals surface area contributed by atoms with Crippen LogP contribution in [-0.2, 0) is 19.1 Å². The molecule has 218 valence electrons. The summed E-state index contributed by atoms with van der Waals surface area (Å²) in [5, 5.41) is 12.0. The van der Waals surface area contributed by atoms with Crippen LogP contribution in [0.25, 0.3) is 0 Å². The van der Waals surface area contributed by atoms with Crippen molar-refractivity contribution in [1.82, 2.24) is 5.32 Å². The largest absolute Gasteiger partial charge is 0.497 e. The Morgan fingerprint density at radius 2 is 1.85 bits per heavy atom. The number of rotatable bonds is 13. The zero-order valence-electron chi connectivity index (χ0n) is 24.4. The van der Waals surface area contributed by atoms with Gasteiger partial charge in [-0.1, -0.05) is 26.0 Å². The monoisotopic (exact) mass is 554 g/mol. The molecule has 0 spiro atoms. The Balaban J connectivity index is 2.04. The topological polar surface area (TPSA) is 116 Å². The van der Waals surface area contributed by atoms with Crippen molar-refractivity contribution in [3.05, 3.63) is 59.7 Å². The molecule has 3 rings (SSSR count). The summed E-state index contributed by atoms with van der Waals surface area (Å²) in [6.07, 6.45) is -0.219. The van der Waals surface area contributed by atoms with Crippen LogP contribution in [0.3, 0.4) is 0 Å². The summed E-state index contributed by atoms with van der Waals surface area (Å²) in [6, 6.07) is 14.5. The number of ether oxygens (including phenoxy) is 4.